The topological polar surface area (TPSA) is 69.7 Å². The molecular weight excluding hydrogens is 323 g/mol. The minimum atomic E-state index is -4.70. The SMILES string of the molecule is COc1cc2c(cc1S(=O)(=O)[O-])CCN(CC(F)(F)F)CC2. The van der Waals surface area contributed by atoms with Gasteiger partial charge in [0.1, 0.15) is 15.9 Å². The lowest BCUT2D eigenvalue weighted by Gasteiger charge is -2.20. The van der Waals surface area contributed by atoms with Crippen molar-refractivity contribution in [2.45, 2.75) is 23.9 Å². The standard InChI is InChI=1S/C13H16F3NO4S/c1-21-11-6-9-2-4-17(8-13(14,15)16)5-3-10(9)7-12(11)22(18,19)20/h6-7H,2-5,8H2,1H3,(H,18,19,20)/p-1. The van der Waals surface area contributed by atoms with E-state index < -0.39 is 27.7 Å². The highest BCUT2D eigenvalue weighted by Crippen LogP contribution is 2.30. The molecule has 0 bridgehead atoms. The van der Waals surface area contributed by atoms with Crippen LogP contribution in [0.3, 0.4) is 0 Å². The summed E-state index contributed by atoms with van der Waals surface area (Å²) < 4.78 is 76.0. The van der Waals surface area contributed by atoms with Gasteiger partial charge in [-0.2, -0.15) is 13.2 Å². The van der Waals surface area contributed by atoms with Gasteiger partial charge >= 0.3 is 6.18 Å². The van der Waals surface area contributed by atoms with Gasteiger partial charge in [-0.05, 0) is 36.1 Å². The number of rotatable bonds is 3. The minimum Gasteiger partial charge on any atom is -0.744 e. The van der Waals surface area contributed by atoms with Crippen LogP contribution in [-0.2, 0) is 23.0 Å². The molecule has 5 nitrogen and oxygen atoms in total. The van der Waals surface area contributed by atoms with Crippen molar-refractivity contribution in [2.24, 2.45) is 0 Å². The first-order valence-corrected chi connectivity index (χ1v) is 7.96. The van der Waals surface area contributed by atoms with Crippen LogP contribution in [0.4, 0.5) is 13.2 Å². The van der Waals surface area contributed by atoms with Gasteiger partial charge in [0.25, 0.3) is 0 Å². The fourth-order valence-corrected chi connectivity index (χ4v) is 3.22. The lowest BCUT2D eigenvalue weighted by atomic mass is 10.0. The molecule has 1 aliphatic rings. The zero-order chi connectivity index (χ0) is 16.5. The van der Waals surface area contributed by atoms with Gasteiger partial charge in [0.2, 0.25) is 0 Å². The molecule has 0 N–H and O–H groups in total. The maximum Gasteiger partial charge on any atom is 0.401 e. The van der Waals surface area contributed by atoms with E-state index in [4.69, 9.17) is 4.74 Å². The van der Waals surface area contributed by atoms with Gasteiger partial charge in [0.15, 0.2) is 0 Å². The Morgan fingerprint density at radius 3 is 2.23 bits per heavy atom. The molecule has 0 radical (unpaired) electrons. The number of hydrogen-bond donors (Lipinski definition) is 0. The number of ether oxygens (including phenoxy) is 1. The Morgan fingerprint density at radius 1 is 1.23 bits per heavy atom. The van der Waals surface area contributed by atoms with Gasteiger partial charge < -0.3 is 9.29 Å². The number of methoxy groups -OCH3 is 1. The summed E-state index contributed by atoms with van der Waals surface area (Å²) in [5.74, 6) is -0.0713. The number of hydrogen-bond acceptors (Lipinski definition) is 5. The normalized spacial score (nSPS) is 17.0. The molecule has 0 atom stereocenters. The average Bonchev–Trinajstić information content (AvgIpc) is 2.57. The molecule has 0 aliphatic carbocycles. The summed E-state index contributed by atoms with van der Waals surface area (Å²) in [4.78, 5) is 0.788. The molecule has 0 spiro atoms. The van der Waals surface area contributed by atoms with E-state index in [-0.39, 0.29) is 25.3 Å². The van der Waals surface area contributed by atoms with Crippen LogP contribution in [0.2, 0.25) is 0 Å². The van der Waals surface area contributed by atoms with Crippen molar-refractivity contribution in [1.82, 2.24) is 4.90 Å². The monoisotopic (exact) mass is 338 g/mol. The third-order valence-corrected chi connectivity index (χ3v) is 4.41. The first-order chi connectivity index (χ1) is 10.1. The molecule has 22 heavy (non-hydrogen) atoms. The Balaban J connectivity index is 2.30. The number of alkyl halides is 3. The summed E-state index contributed by atoms with van der Waals surface area (Å²) in [7, 11) is -3.46. The van der Waals surface area contributed by atoms with Crippen molar-refractivity contribution in [2.75, 3.05) is 26.7 Å². The Bertz CT molecular complexity index is 658. The molecule has 0 saturated carbocycles. The van der Waals surface area contributed by atoms with E-state index in [0.29, 0.717) is 17.5 Å². The maximum atomic E-state index is 12.5. The van der Waals surface area contributed by atoms with Gasteiger partial charge in [0.05, 0.1) is 18.6 Å². The molecule has 0 saturated heterocycles. The lowest BCUT2D eigenvalue weighted by Crippen LogP contribution is -2.35. The smallest absolute Gasteiger partial charge is 0.401 e. The van der Waals surface area contributed by atoms with Gasteiger partial charge in [0, 0.05) is 13.1 Å². The van der Waals surface area contributed by atoms with E-state index in [1.807, 2.05) is 0 Å². The van der Waals surface area contributed by atoms with Crippen molar-refractivity contribution >= 4 is 10.1 Å². The number of fused-ring (bicyclic) bond motifs is 1. The second-order valence-corrected chi connectivity index (χ2v) is 6.47. The molecule has 1 heterocycles. The Kier molecular flexibility index (Phi) is 4.69. The fourth-order valence-electron chi connectivity index (χ4n) is 2.55. The Morgan fingerprint density at radius 2 is 1.77 bits per heavy atom. The molecule has 0 aromatic heterocycles. The van der Waals surface area contributed by atoms with E-state index in [1.54, 1.807) is 0 Å². The van der Waals surface area contributed by atoms with Gasteiger partial charge in [-0.25, -0.2) is 8.42 Å². The van der Waals surface area contributed by atoms with Gasteiger partial charge in [-0.1, -0.05) is 0 Å². The van der Waals surface area contributed by atoms with E-state index in [0.717, 1.165) is 0 Å². The van der Waals surface area contributed by atoms with Crippen LogP contribution in [-0.4, -0.2) is 50.8 Å². The summed E-state index contributed by atoms with van der Waals surface area (Å²) in [6.45, 7) is -0.652. The van der Waals surface area contributed by atoms with E-state index in [9.17, 15) is 26.1 Å². The maximum absolute atomic E-state index is 12.5. The molecule has 0 unspecified atom stereocenters. The molecule has 1 aliphatic heterocycles. The van der Waals surface area contributed by atoms with Gasteiger partial charge in [-0.15, -0.1) is 0 Å². The summed E-state index contributed by atoms with van der Waals surface area (Å²) in [6, 6.07) is 2.64. The van der Waals surface area contributed by atoms with Crippen LogP contribution in [0.15, 0.2) is 17.0 Å². The van der Waals surface area contributed by atoms with Crippen molar-refractivity contribution in [1.29, 1.82) is 0 Å². The van der Waals surface area contributed by atoms with Crippen molar-refractivity contribution in [3.05, 3.63) is 23.3 Å². The van der Waals surface area contributed by atoms with E-state index in [1.165, 1.54) is 24.1 Å². The van der Waals surface area contributed by atoms with Crippen LogP contribution >= 0.6 is 0 Å². The second-order valence-electron chi connectivity index (χ2n) is 5.12. The predicted octanol–water partition coefficient (Wildman–Crippen LogP) is 1.56. The first kappa shape index (κ1) is 17.0. The van der Waals surface area contributed by atoms with E-state index in [2.05, 4.69) is 0 Å². The van der Waals surface area contributed by atoms with Crippen molar-refractivity contribution in [3.8, 4) is 5.75 Å². The summed E-state index contributed by atoms with van der Waals surface area (Å²) in [5, 5.41) is 0. The predicted molar refractivity (Wildman–Crippen MR) is 70.9 cm³/mol. The lowest BCUT2D eigenvalue weighted by molar-refractivity contribution is -0.145. The molecule has 0 amide bonds. The molecular formula is C13H15F3NO4S-. The van der Waals surface area contributed by atoms with Crippen LogP contribution in [0.5, 0.6) is 5.75 Å². The first-order valence-electron chi connectivity index (χ1n) is 6.55. The molecule has 9 heteroatoms. The average molecular weight is 338 g/mol. The van der Waals surface area contributed by atoms with Crippen molar-refractivity contribution in [3.63, 3.8) is 0 Å². The Labute approximate surface area is 126 Å². The van der Waals surface area contributed by atoms with Crippen LogP contribution in [0.1, 0.15) is 11.1 Å². The molecule has 2 rings (SSSR count). The van der Waals surface area contributed by atoms with Crippen LogP contribution in [0, 0.1) is 0 Å². The highest BCUT2D eigenvalue weighted by atomic mass is 32.2. The quantitative estimate of drug-likeness (QED) is 0.783. The highest BCUT2D eigenvalue weighted by Gasteiger charge is 2.31. The summed E-state index contributed by atoms with van der Waals surface area (Å²) in [6.07, 6.45) is -3.70. The van der Waals surface area contributed by atoms with Crippen molar-refractivity contribution < 1.29 is 30.9 Å². The largest absolute Gasteiger partial charge is 0.744 e. The third-order valence-electron chi connectivity index (χ3n) is 3.55. The molecule has 0 fully saturated rings. The highest BCUT2D eigenvalue weighted by molar-refractivity contribution is 7.85. The summed E-state index contributed by atoms with van der Waals surface area (Å²) >= 11 is 0. The zero-order valence-electron chi connectivity index (χ0n) is 11.8. The minimum absolute atomic E-state index is 0.0713. The summed E-state index contributed by atoms with van der Waals surface area (Å²) in [5.41, 5.74) is 1.27. The van der Waals surface area contributed by atoms with E-state index >= 15 is 0 Å². The molecule has 1 aromatic rings. The number of benzene rings is 1. The zero-order valence-corrected chi connectivity index (χ0v) is 12.6. The third kappa shape index (κ3) is 4.11. The molecule has 124 valence electrons. The Hall–Kier alpha value is -1.32. The number of nitrogens with zero attached hydrogens (tertiary/aromatic N) is 1. The number of halogens is 3. The second kappa shape index (κ2) is 6.05. The van der Waals surface area contributed by atoms with Gasteiger partial charge in [-0.3, -0.25) is 4.90 Å². The van der Waals surface area contributed by atoms with Crippen LogP contribution in [0.25, 0.3) is 0 Å². The fraction of sp³-hybridized carbons (Fsp3) is 0.538. The molecule has 1 aromatic carbocycles. The van der Waals surface area contributed by atoms with Crippen LogP contribution < -0.4 is 4.74 Å².